The Hall–Kier alpha value is -2.42. The maximum absolute atomic E-state index is 11.6. The Morgan fingerprint density at radius 3 is 2.55 bits per heavy atom. The number of aromatic nitrogens is 1. The SMILES string of the molecule is O=C(C[C@H]1SC(=O)NC1=O)NNC(=O)c1ccncc1. The van der Waals surface area contributed by atoms with Gasteiger partial charge in [0.05, 0.1) is 0 Å². The molecular formula is C11H10N4O4S. The van der Waals surface area contributed by atoms with Crippen molar-refractivity contribution in [3.8, 4) is 0 Å². The summed E-state index contributed by atoms with van der Waals surface area (Å²) in [5.74, 6) is -1.56. The van der Waals surface area contributed by atoms with Gasteiger partial charge >= 0.3 is 0 Å². The van der Waals surface area contributed by atoms with Crippen molar-refractivity contribution in [2.45, 2.75) is 11.7 Å². The van der Waals surface area contributed by atoms with Crippen molar-refractivity contribution in [2.75, 3.05) is 0 Å². The molecule has 1 saturated heterocycles. The number of rotatable bonds is 3. The first-order valence-electron chi connectivity index (χ1n) is 5.57. The molecule has 4 amide bonds. The van der Waals surface area contributed by atoms with E-state index in [1.807, 2.05) is 0 Å². The molecule has 1 aromatic rings. The van der Waals surface area contributed by atoms with Crippen molar-refractivity contribution < 1.29 is 19.2 Å². The molecule has 0 aliphatic carbocycles. The second kappa shape index (κ2) is 6.15. The van der Waals surface area contributed by atoms with Gasteiger partial charge in [0.1, 0.15) is 5.25 Å². The van der Waals surface area contributed by atoms with E-state index in [1.54, 1.807) is 0 Å². The highest BCUT2D eigenvalue weighted by Crippen LogP contribution is 2.21. The van der Waals surface area contributed by atoms with Gasteiger partial charge in [0.2, 0.25) is 11.8 Å². The number of pyridine rings is 1. The number of thioether (sulfide) groups is 1. The van der Waals surface area contributed by atoms with Gasteiger partial charge in [0.15, 0.2) is 0 Å². The molecule has 1 aromatic heterocycles. The van der Waals surface area contributed by atoms with Crippen molar-refractivity contribution in [3.05, 3.63) is 30.1 Å². The summed E-state index contributed by atoms with van der Waals surface area (Å²) in [4.78, 5) is 49.1. The van der Waals surface area contributed by atoms with E-state index in [0.29, 0.717) is 5.56 Å². The van der Waals surface area contributed by atoms with E-state index >= 15 is 0 Å². The topological polar surface area (TPSA) is 117 Å². The van der Waals surface area contributed by atoms with Crippen LogP contribution in [0.4, 0.5) is 4.79 Å². The van der Waals surface area contributed by atoms with E-state index in [1.165, 1.54) is 24.5 Å². The van der Waals surface area contributed by atoms with Crippen LogP contribution >= 0.6 is 11.8 Å². The predicted molar refractivity (Wildman–Crippen MR) is 69.4 cm³/mol. The molecule has 0 unspecified atom stereocenters. The molecule has 9 heteroatoms. The van der Waals surface area contributed by atoms with Crippen LogP contribution < -0.4 is 16.2 Å². The number of carbonyl (C=O) groups excluding carboxylic acids is 4. The monoisotopic (exact) mass is 294 g/mol. The molecule has 1 atom stereocenters. The van der Waals surface area contributed by atoms with E-state index in [0.717, 1.165) is 11.8 Å². The number of imide groups is 1. The van der Waals surface area contributed by atoms with E-state index in [4.69, 9.17) is 0 Å². The lowest BCUT2D eigenvalue weighted by atomic mass is 10.2. The van der Waals surface area contributed by atoms with Crippen molar-refractivity contribution in [1.29, 1.82) is 0 Å². The second-order valence-electron chi connectivity index (χ2n) is 3.83. The highest BCUT2D eigenvalue weighted by molar-refractivity contribution is 8.15. The Bertz CT molecular complexity index is 563. The Morgan fingerprint density at radius 1 is 1.25 bits per heavy atom. The normalized spacial score (nSPS) is 17.5. The van der Waals surface area contributed by atoms with Crippen LogP contribution in [0.2, 0.25) is 0 Å². The van der Waals surface area contributed by atoms with Crippen LogP contribution in [0.25, 0.3) is 0 Å². The van der Waals surface area contributed by atoms with Gasteiger partial charge in [-0.15, -0.1) is 0 Å². The van der Waals surface area contributed by atoms with Crippen molar-refractivity contribution in [3.63, 3.8) is 0 Å². The molecule has 1 aliphatic heterocycles. The quantitative estimate of drug-likeness (QED) is 0.652. The zero-order valence-electron chi connectivity index (χ0n) is 10.1. The largest absolute Gasteiger partial charge is 0.286 e. The smallest absolute Gasteiger partial charge is 0.286 e. The van der Waals surface area contributed by atoms with Gasteiger partial charge in [-0.3, -0.25) is 40.3 Å². The zero-order chi connectivity index (χ0) is 14.5. The third kappa shape index (κ3) is 3.54. The molecule has 2 rings (SSSR count). The molecule has 0 saturated carbocycles. The molecule has 0 bridgehead atoms. The molecule has 3 N–H and O–H groups in total. The van der Waals surface area contributed by atoms with E-state index in [9.17, 15) is 19.2 Å². The number of hydrogen-bond acceptors (Lipinski definition) is 6. The third-order valence-corrected chi connectivity index (χ3v) is 3.38. The number of carbonyl (C=O) groups is 4. The lowest BCUT2D eigenvalue weighted by Gasteiger charge is -2.08. The Morgan fingerprint density at radius 2 is 1.95 bits per heavy atom. The first-order valence-corrected chi connectivity index (χ1v) is 6.45. The minimum Gasteiger partial charge on any atom is -0.286 e. The van der Waals surface area contributed by atoms with Crippen LogP contribution in [-0.4, -0.2) is 33.2 Å². The molecule has 1 fully saturated rings. The molecule has 0 aromatic carbocycles. The first kappa shape index (κ1) is 14.0. The van der Waals surface area contributed by atoms with Gasteiger partial charge in [0.25, 0.3) is 11.1 Å². The van der Waals surface area contributed by atoms with E-state index in [2.05, 4.69) is 21.2 Å². The molecule has 0 radical (unpaired) electrons. The lowest BCUT2D eigenvalue weighted by molar-refractivity contribution is -0.125. The Labute approximate surface area is 117 Å². The number of nitrogens with zero attached hydrogens (tertiary/aromatic N) is 1. The second-order valence-corrected chi connectivity index (χ2v) is 5.00. The van der Waals surface area contributed by atoms with Crippen molar-refractivity contribution in [2.24, 2.45) is 0 Å². The fourth-order valence-electron chi connectivity index (χ4n) is 1.45. The number of amides is 4. The van der Waals surface area contributed by atoms with E-state index < -0.39 is 28.2 Å². The maximum atomic E-state index is 11.6. The van der Waals surface area contributed by atoms with Crippen LogP contribution in [0.15, 0.2) is 24.5 Å². The maximum Gasteiger partial charge on any atom is 0.286 e. The van der Waals surface area contributed by atoms with Gasteiger partial charge < -0.3 is 0 Å². The minimum atomic E-state index is -0.764. The van der Waals surface area contributed by atoms with Gasteiger partial charge in [-0.1, -0.05) is 11.8 Å². The molecule has 0 spiro atoms. The highest BCUT2D eigenvalue weighted by Gasteiger charge is 2.33. The fraction of sp³-hybridized carbons (Fsp3) is 0.182. The average molecular weight is 294 g/mol. The Balaban J connectivity index is 1.80. The summed E-state index contributed by atoms with van der Waals surface area (Å²) < 4.78 is 0. The van der Waals surface area contributed by atoms with Crippen LogP contribution in [0.5, 0.6) is 0 Å². The first-order chi connectivity index (χ1) is 9.56. The summed E-state index contributed by atoms with van der Waals surface area (Å²) in [6.07, 6.45) is 2.70. The van der Waals surface area contributed by atoms with Crippen LogP contribution in [-0.2, 0) is 9.59 Å². The van der Waals surface area contributed by atoms with Crippen molar-refractivity contribution in [1.82, 2.24) is 21.2 Å². The summed E-state index contributed by atoms with van der Waals surface area (Å²) in [5.41, 5.74) is 4.72. The molecule has 104 valence electrons. The highest BCUT2D eigenvalue weighted by atomic mass is 32.2. The Kier molecular flexibility index (Phi) is 4.31. The summed E-state index contributed by atoms with van der Waals surface area (Å²) >= 11 is 0.751. The van der Waals surface area contributed by atoms with Crippen molar-refractivity contribution >= 4 is 34.7 Å². The lowest BCUT2D eigenvalue weighted by Crippen LogP contribution is -2.43. The predicted octanol–water partition coefficient (Wildman–Crippen LogP) is -0.416. The van der Waals surface area contributed by atoms with Crippen LogP contribution in [0, 0.1) is 0 Å². The molecular weight excluding hydrogens is 284 g/mol. The van der Waals surface area contributed by atoms with Crippen LogP contribution in [0.1, 0.15) is 16.8 Å². The molecule has 1 aliphatic rings. The number of hydrogen-bond donors (Lipinski definition) is 3. The van der Waals surface area contributed by atoms with E-state index in [-0.39, 0.29) is 6.42 Å². The summed E-state index contributed by atoms with van der Waals surface area (Å²) in [6, 6.07) is 2.97. The third-order valence-electron chi connectivity index (χ3n) is 2.40. The molecule has 8 nitrogen and oxygen atoms in total. The van der Waals surface area contributed by atoms with Gasteiger partial charge in [-0.25, -0.2) is 0 Å². The fourth-order valence-corrected chi connectivity index (χ4v) is 2.27. The van der Waals surface area contributed by atoms with Gasteiger partial charge in [-0.2, -0.15) is 0 Å². The summed E-state index contributed by atoms with van der Waals surface area (Å²) in [5, 5.41) is 0.832. The zero-order valence-corrected chi connectivity index (χ0v) is 10.9. The van der Waals surface area contributed by atoms with Gasteiger partial charge in [0, 0.05) is 24.4 Å². The molecule has 20 heavy (non-hydrogen) atoms. The van der Waals surface area contributed by atoms with Gasteiger partial charge in [-0.05, 0) is 12.1 Å². The summed E-state index contributed by atoms with van der Waals surface area (Å²) in [7, 11) is 0. The van der Waals surface area contributed by atoms with Crippen LogP contribution in [0.3, 0.4) is 0 Å². The standard InChI is InChI=1S/C11H10N4O4S/c16-8(5-7-10(18)13-11(19)20-7)14-15-9(17)6-1-3-12-4-2-6/h1-4,7H,5H2,(H,14,16)(H,15,17)(H,13,18,19)/t7-/m1/s1. The summed E-state index contributed by atoms with van der Waals surface area (Å²) in [6.45, 7) is 0. The minimum absolute atomic E-state index is 0.196. The molecule has 2 heterocycles. The average Bonchev–Trinajstić information content (AvgIpc) is 2.75. The number of hydrazine groups is 1. The number of nitrogens with one attached hydrogen (secondary N) is 3.